The molecule has 0 heterocycles. The summed E-state index contributed by atoms with van der Waals surface area (Å²) in [4.78, 5) is 0. The van der Waals surface area contributed by atoms with Crippen molar-refractivity contribution in [3.63, 3.8) is 0 Å². The second-order valence-electron chi connectivity index (χ2n) is 3.59. The number of halogens is 2. The van der Waals surface area contributed by atoms with Gasteiger partial charge in [-0.05, 0) is 24.2 Å². The second-order valence-corrected chi connectivity index (χ2v) is 3.59. The van der Waals surface area contributed by atoms with Crippen LogP contribution in [0.5, 0.6) is 5.75 Å². The third-order valence-corrected chi connectivity index (χ3v) is 2.19. The van der Waals surface area contributed by atoms with Gasteiger partial charge in [-0.3, -0.25) is 0 Å². The molecule has 0 fully saturated rings. The topological polar surface area (TPSA) is 41.5 Å². The summed E-state index contributed by atoms with van der Waals surface area (Å²) in [6, 6.07) is 2.50. The Hall–Kier alpha value is -1.20. The maximum Gasteiger partial charge on any atom is 0.190 e. The molecule has 1 rings (SSSR count). The van der Waals surface area contributed by atoms with Crippen LogP contribution < -0.4 is 10.1 Å². The summed E-state index contributed by atoms with van der Waals surface area (Å²) >= 11 is 0. The van der Waals surface area contributed by atoms with Gasteiger partial charge in [-0.2, -0.15) is 0 Å². The first-order chi connectivity index (χ1) is 8.19. The summed E-state index contributed by atoms with van der Waals surface area (Å²) < 4.78 is 32.0. The fourth-order valence-electron chi connectivity index (χ4n) is 1.36. The molecule has 0 aliphatic rings. The molecule has 0 aliphatic carbocycles. The van der Waals surface area contributed by atoms with Crippen LogP contribution in [0.1, 0.15) is 18.9 Å². The summed E-state index contributed by atoms with van der Waals surface area (Å²) in [6.07, 6.45) is 0.345. The van der Waals surface area contributed by atoms with E-state index in [1.165, 1.54) is 12.1 Å². The number of aliphatic hydroxyl groups excluding tert-OH is 1. The van der Waals surface area contributed by atoms with Crippen molar-refractivity contribution in [3.8, 4) is 5.75 Å². The Kier molecular flexibility index (Phi) is 5.86. The van der Waals surface area contributed by atoms with Gasteiger partial charge in [0.25, 0.3) is 0 Å². The molecular formula is C12H17F2NO2. The van der Waals surface area contributed by atoms with Gasteiger partial charge in [0.05, 0.1) is 6.61 Å². The monoisotopic (exact) mass is 245 g/mol. The minimum Gasteiger partial charge on any atom is -0.488 e. The van der Waals surface area contributed by atoms with Gasteiger partial charge in [-0.25, -0.2) is 8.78 Å². The van der Waals surface area contributed by atoms with E-state index in [0.717, 1.165) is 6.54 Å². The highest BCUT2D eigenvalue weighted by Gasteiger charge is 2.12. The second kappa shape index (κ2) is 7.19. The molecule has 0 spiro atoms. The molecule has 0 saturated carbocycles. The van der Waals surface area contributed by atoms with Crippen LogP contribution in [0.4, 0.5) is 8.78 Å². The van der Waals surface area contributed by atoms with Crippen molar-refractivity contribution in [1.29, 1.82) is 0 Å². The largest absolute Gasteiger partial charge is 0.488 e. The van der Waals surface area contributed by atoms with Gasteiger partial charge in [0, 0.05) is 19.6 Å². The minimum absolute atomic E-state index is 0.0677. The number of nitrogens with one attached hydrogen (secondary N) is 1. The third-order valence-electron chi connectivity index (χ3n) is 2.19. The molecule has 0 atom stereocenters. The number of rotatable bonds is 7. The molecule has 0 saturated heterocycles. The van der Waals surface area contributed by atoms with E-state index in [2.05, 4.69) is 5.32 Å². The third kappa shape index (κ3) is 4.28. The summed E-state index contributed by atoms with van der Waals surface area (Å²) in [5.41, 5.74) is 0.538. The number of aliphatic hydroxyl groups is 1. The standard InChI is InChI=1S/C12H17F2NO2/c1-2-15-8-9-6-10(13)12(11(14)7-9)17-5-3-4-16/h6-7,15-16H,2-5,8H2,1H3. The van der Waals surface area contributed by atoms with E-state index < -0.39 is 11.6 Å². The van der Waals surface area contributed by atoms with Crippen LogP contribution in [0.15, 0.2) is 12.1 Å². The van der Waals surface area contributed by atoms with Crippen molar-refractivity contribution in [2.24, 2.45) is 0 Å². The maximum atomic E-state index is 13.5. The first kappa shape index (κ1) is 13.9. The molecular weight excluding hydrogens is 228 g/mol. The van der Waals surface area contributed by atoms with Crippen LogP contribution in [-0.4, -0.2) is 24.9 Å². The van der Waals surface area contributed by atoms with Gasteiger partial charge in [-0.15, -0.1) is 0 Å². The Morgan fingerprint density at radius 2 is 1.94 bits per heavy atom. The van der Waals surface area contributed by atoms with E-state index in [9.17, 15) is 8.78 Å². The lowest BCUT2D eigenvalue weighted by molar-refractivity contribution is 0.222. The zero-order valence-electron chi connectivity index (χ0n) is 9.80. The van der Waals surface area contributed by atoms with Crippen molar-refractivity contribution in [1.82, 2.24) is 5.32 Å². The van der Waals surface area contributed by atoms with E-state index >= 15 is 0 Å². The zero-order valence-corrected chi connectivity index (χ0v) is 9.80. The van der Waals surface area contributed by atoms with Crippen LogP contribution in [0, 0.1) is 11.6 Å². The maximum absolute atomic E-state index is 13.5. The lowest BCUT2D eigenvalue weighted by atomic mass is 10.2. The van der Waals surface area contributed by atoms with Crippen LogP contribution in [0.25, 0.3) is 0 Å². The van der Waals surface area contributed by atoms with Crippen molar-refractivity contribution in [2.75, 3.05) is 19.8 Å². The fraction of sp³-hybridized carbons (Fsp3) is 0.500. The Morgan fingerprint density at radius 1 is 1.29 bits per heavy atom. The molecule has 0 aliphatic heterocycles. The fourth-order valence-corrected chi connectivity index (χ4v) is 1.36. The van der Waals surface area contributed by atoms with Crippen LogP contribution in [-0.2, 0) is 6.54 Å². The minimum atomic E-state index is -0.712. The Bertz CT molecular complexity index is 335. The number of hydrogen-bond acceptors (Lipinski definition) is 3. The van der Waals surface area contributed by atoms with E-state index in [4.69, 9.17) is 9.84 Å². The zero-order chi connectivity index (χ0) is 12.7. The highest BCUT2D eigenvalue weighted by molar-refractivity contribution is 5.31. The van der Waals surface area contributed by atoms with Gasteiger partial charge in [0.1, 0.15) is 0 Å². The first-order valence-electron chi connectivity index (χ1n) is 5.61. The van der Waals surface area contributed by atoms with Gasteiger partial charge in [-0.1, -0.05) is 6.92 Å². The SMILES string of the molecule is CCNCc1cc(F)c(OCCCO)c(F)c1. The summed E-state index contributed by atoms with van der Waals surface area (Å²) in [5.74, 6) is -1.80. The normalized spacial score (nSPS) is 10.6. The number of ether oxygens (including phenoxy) is 1. The summed E-state index contributed by atoms with van der Waals surface area (Å²) in [7, 11) is 0. The molecule has 1 aromatic carbocycles. The molecule has 5 heteroatoms. The molecule has 0 amide bonds. The molecule has 3 nitrogen and oxygen atoms in total. The van der Waals surface area contributed by atoms with Crippen molar-refractivity contribution in [3.05, 3.63) is 29.3 Å². The Labute approximate surface area is 99.4 Å². The number of benzene rings is 1. The Balaban J connectivity index is 2.72. The number of hydrogen-bond donors (Lipinski definition) is 2. The van der Waals surface area contributed by atoms with Crippen molar-refractivity contribution >= 4 is 0 Å². The molecule has 96 valence electrons. The first-order valence-corrected chi connectivity index (χ1v) is 5.61. The molecule has 0 bridgehead atoms. The Morgan fingerprint density at radius 3 is 2.47 bits per heavy atom. The smallest absolute Gasteiger partial charge is 0.190 e. The quantitative estimate of drug-likeness (QED) is 0.720. The summed E-state index contributed by atoms with van der Waals surface area (Å²) in [5, 5.41) is 11.5. The van der Waals surface area contributed by atoms with Crippen LogP contribution >= 0.6 is 0 Å². The van der Waals surface area contributed by atoms with E-state index in [0.29, 0.717) is 18.5 Å². The van der Waals surface area contributed by atoms with E-state index in [1.807, 2.05) is 6.92 Å². The van der Waals surface area contributed by atoms with E-state index in [1.54, 1.807) is 0 Å². The lowest BCUT2D eigenvalue weighted by Gasteiger charge is -2.09. The lowest BCUT2D eigenvalue weighted by Crippen LogP contribution is -2.12. The van der Waals surface area contributed by atoms with Gasteiger partial charge in [0.2, 0.25) is 0 Å². The average molecular weight is 245 g/mol. The predicted molar refractivity (Wildman–Crippen MR) is 60.9 cm³/mol. The average Bonchev–Trinajstić information content (AvgIpc) is 2.30. The highest BCUT2D eigenvalue weighted by atomic mass is 19.1. The predicted octanol–water partition coefficient (Wildman–Crippen LogP) is 1.84. The van der Waals surface area contributed by atoms with E-state index in [-0.39, 0.29) is 19.0 Å². The molecule has 0 radical (unpaired) electrons. The molecule has 0 unspecified atom stereocenters. The summed E-state index contributed by atoms with van der Waals surface area (Å²) in [6.45, 7) is 3.09. The van der Waals surface area contributed by atoms with Gasteiger partial charge in [0.15, 0.2) is 17.4 Å². The molecule has 1 aromatic rings. The molecule has 17 heavy (non-hydrogen) atoms. The van der Waals surface area contributed by atoms with Crippen LogP contribution in [0.3, 0.4) is 0 Å². The van der Waals surface area contributed by atoms with Gasteiger partial charge < -0.3 is 15.2 Å². The van der Waals surface area contributed by atoms with Crippen molar-refractivity contribution in [2.45, 2.75) is 19.9 Å². The van der Waals surface area contributed by atoms with Crippen LogP contribution in [0.2, 0.25) is 0 Å². The molecule has 0 aromatic heterocycles. The van der Waals surface area contributed by atoms with Gasteiger partial charge >= 0.3 is 0 Å². The highest BCUT2D eigenvalue weighted by Crippen LogP contribution is 2.23. The molecule has 2 N–H and O–H groups in total. The van der Waals surface area contributed by atoms with Crippen molar-refractivity contribution < 1.29 is 18.6 Å².